The van der Waals surface area contributed by atoms with Crippen LogP contribution in [0.25, 0.3) is 0 Å². The van der Waals surface area contributed by atoms with Crippen molar-refractivity contribution in [2.45, 2.75) is 32.1 Å². The van der Waals surface area contributed by atoms with Gasteiger partial charge in [0.1, 0.15) is 11.9 Å². The summed E-state index contributed by atoms with van der Waals surface area (Å²) >= 11 is 0. The normalized spacial score (nSPS) is 27.1. The van der Waals surface area contributed by atoms with Gasteiger partial charge in [0.25, 0.3) is 0 Å². The lowest BCUT2D eigenvalue weighted by atomic mass is 9.95. The van der Waals surface area contributed by atoms with E-state index < -0.39 is 0 Å². The van der Waals surface area contributed by atoms with Crippen LogP contribution in [0, 0.1) is 29.1 Å². The number of rotatable bonds is 2. The van der Waals surface area contributed by atoms with E-state index in [0.29, 0.717) is 11.5 Å². The van der Waals surface area contributed by atoms with Gasteiger partial charge in [-0.15, -0.1) is 0 Å². The van der Waals surface area contributed by atoms with Crippen LogP contribution in [0.2, 0.25) is 0 Å². The number of pyridine rings is 1. The molecule has 0 bridgehead atoms. The largest absolute Gasteiger partial charge is 0.355 e. The number of aromatic nitrogens is 1. The highest BCUT2D eigenvalue weighted by Gasteiger charge is 2.40. The van der Waals surface area contributed by atoms with E-state index in [4.69, 9.17) is 0 Å². The molecule has 2 atom stereocenters. The first kappa shape index (κ1) is 15.4. The Bertz CT molecular complexity index is 648. The predicted molar refractivity (Wildman–Crippen MR) is 91.3 cm³/mol. The Kier molecular flexibility index (Phi) is 4.13. The second-order valence-electron chi connectivity index (χ2n) is 7.44. The minimum absolute atomic E-state index is 0.148. The van der Waals surface area contributed by atoms with Gasteiger partial charge < -0.3 is 9.80 Å². The van der Waals surface area contributed by atoms with Gasteiger partial charge in [0.05, 0.1) is 5.56 Å². The Morgan fingerprint density at radius 2 is 1.88 bits per heavy atom. The molecular formula is C19H24N4O. The van der Waals surface area contributed by atoms with E-state index in [-0.39, 0.29) is 5.92 Å². The molecule has 24 heavy (non-hydrogen) atoms. The number of fused-ring (bicyclic) bond motifs is 1. The van der Waals surface area contributed by atoms with Crippen molar-refractivity contribution in [1.82, 2.24) is 9.88 Å². The lowest BCUT2D eigenvalue weighted by Crippen LogP contribution is -2.42. The summed E-state index contributed by atoms with van der Waals surface area (Å²) in [6.07, 6.45) is 7.43. The minimum Gasteiger partial charge on any atom is -0.355 e. The third-order valence-corrected chi connectivity index (χ3v) is 6.09. The van der Waals surface area contributed by atoms with E-state index >= 15 is 0 Å². The van der Waals surface area contributed by atoms with Crippen LogP contribution in [0.4, 0.5) is 5.82 Å². The molecule has 3 fully saturated rings. The SMILES string of the molecule is N#Cc1cccnc1N1CCC(C(=O)N2CC3CCCC3C2)CC1. The molecule has 0 aromatic carbocycles. The third-order valence-electron chi connectivity index (χ3n) is 6.09. The fraction of sp³-hybridized carbons (Fsp3) is 0.632. The van der Waals surface area contributed by atoms with E-state index in [1.54, 1.807) is 12.3 Å². The van der Waals surface area contributed by atoms with Crippen LogP contribution < -0.4 is 4.90 Å². The van der Waals surface area contributed by atoms with Crippen LogP contribution in [-0.2, 0) is 4.79 Å². The molecule has 2 saturated heterocycles. The number of piperidine rings is 1. The maximum atomic E-state index is 12.8. The molecule has 4 rings (SSSR count). The summed E-state index contributed by atoms with van der Waals surface area (Å²) in [5.41, 5.74) is 0.620. The number of hydrogen-bond donors (Lipinski definition) is 0. The highest BCUT2D eigenvalue weighted by Crippen LogP contribution is 2.38. The van der Waals surface area contributed by atoms with Gasteiger partial charge >= 0.3 is 0 Å². The Morgan fingerprint density at radius 1 is 1.17 bits per heavy atom. The zero-order chi connectivity index (χ0) is 16.5. The smallest absolute Gasteiger partial charge is 0.225 e. The van der Waals surface area contributed by atoms with Crippen molar-refractivity contribution in [2.24, 2.45) is 17.8 Å². The summed E-state index contributed by atoms with van der Waals surface area (Å²) < 4.78 is 0. The molecule has 0 N–H and O–H groups in total. The fourth-order valence-electron chi connectivity index (χ4n) is 4.75. The molecule has 0 spiro atoms. The Morgan fingerprint density at radius 3 is 2.54 bits per heavy atom. The standard InChI is InChI=1S/C19H24N4O/c20-11-15-5-2-8-21-18(15)22-9-6-14(7-10-22)19(24)23-12-16-3-1-4-17(16)13-23/h2,5,8,14,16-17H,1,3-4,6-7,9-10,12-13H2. The lowest BCUT2D eigenvalue weighted by molar-refractivity contribution is -0.135. The van der Waals surface area contributed by atoms with Crippen LogP contribution in [0.3, 0.4) is 0 Å². The highest BCUT2D eigenvalue weighted by atomic mass is 16.2. The summed E-state index contributed by atoms with van der Waals surface area (Å²) in [5, 5.41) is 9.23. The van der Waals surface area contributed by atoms with E-state index in [9.17, 15) is 10.1 Å². The maximum Gasteiger partial charge on any atom is 0.225 e. The molecule has 1 amide bonds. The number of anilines is 1. The molecule has 1 saturated carbocycles. The minimum atomic E-state index is 0.148. The van der Waals surface area contributed by atoms with Crippen molar-refractivity contribution in [3.63, 3.8) is 0 Å². The van der Waals surface area contributed by atoms with E-state index in [1.165, 1.54) is 19.3 Å². The summed E-state index contributed by atoms with van der Waals surface area (Å²) in [5.74, 6) is 2.81. The molecule has 3 heterocycles. The molecule has 2 aliphatic heterocycles. The molecule has 1 aliphatic carbocycles. The number of nitrogens with zero attached hydrogens (tertiary/aromatic N) is 4. The average Bonchev–Trinajstić information content (AvgIpc) is 3.23. The quantitative estimate of drug-likeness (QED) is 0.838. The van der Waals surface area contributed by atoms with Gasteiger partial charge in [0, 0.05) is 38.3 Å². The van der Waals surface area contributed by atoms with Crippen LogP contribution in [0.5, 0.6) is 0 Å². The van der Waals surface area contributed by atoms with Gasteiger partial charge in [-0.2, -0.15) is 5.26 Å². The first-order chi connectivity index (χ1) is 11.8. The number of hydrogen-bond acceptors (Lipinski definition) is 4. The van der Waals surface area contributed by atoms with Gasteiger partial charge in [0.15, 0.2) is 0 Å². The summed E-state index contributed by atoms with van der Waals surface area (Å²) in [6, 6.07) is 5.82. The number of carbonyl (C=O) groups is 1. The first-order valence-electron chi connectivity index (χ1n) is 9.15. The Hall–Kier alpha value is -2.09. The monoisotopic (exact) mass is 324 g/mol. The molecule has 5 heteroatoms. The van der Waals surface area contributed by atoms with Crippen molar-refractivity contribution >= 4 is 11.7 Å². The Balaban J connectivity index is 1.36. The summed E-state index contributed by atoms with van der Waals surface area (Å²) in [6.45, 7) is 3.59. The van der Waals surface area contributed by atoms with Crippen LogP contribution in [0.1, 0.15) is 37.7 Å². The van der Waals surface area contributed by atoms with E-state index in [0.717, 1.165) is 56.7 Å². The summed E-state index contributed by atoms with van der Waals surface area (Å²) in [4.78, 5) is 21.5. The lowest BCUT2D eigenvalue weighted by Gasteiger charge is -2.34. The van der Waals surface area contributed by atoms with Crippen molar-refractivity contribution in [2.75, 3.05) is 31.1 Å². The second-order valence-corrected chi connectivity index (χ2v) is 7.44. The molecule has 1 aromatic heterocycles. The van der Waals surface area contributed by atoms with E-state index in [2.05, 4.69) is 20.9 Å². The van der Waals surface area contributed by atoms with Crippen molar-refractivity contribution in [3.05, 3.63) is 23.9 Å². The fourth-order valence-corrected chi connectivity index (χ4v) is 4.75. The van der Waals surface area contributed by atoms with Gasteiger partial charge in [-0.1, -0.05) is 6.42 Å². The van der Waals surface area contributed by atoms with Crippen LogP contribution in [0.15, 0.2) is 18.3 Å². The molecule has 3 aliphatic rings. The third kappa shape index (κ3) is 2.75. The van der Waals surface area contributed by atoms with Crippen molar-refractivity contribution < 1.29 is 4.79 Å². The average molecular weight is 324 g/mol. The summed E-state index contributed by atoms with van der Waals surface area (Å²) in [7, 11) is 0. The van der Waals surface area contributed by atoms with Crippen molar-refractivity contribution in [3.8, 4) is 6.07 Å². The van der Waals surface area contributed by atoms with Crippen molar-refractivity contribution in [1.29, 1.82) is 5.26 Å². The molecule has 1 aromatic rings. The molecule has 2 unspecified atom stereocenters. The molecular weight excluding hydrogens is 300 g/mol. The topological polar surface area (TPSA) is 60.2 Å². The first-order valence-corrected chi connectivity index (χ1v) is 9.15. The number of amides is 1. The zero-order valence-electron chi connectivity index (χ0n) is 14.0. The van der Waals surface area contributed by atoms with Gasteiger partial charge in [-0.25, -0.2) is 4.98 Å². The molecule has 0 radical (unpaired) electrons. The molecule has 5 nitrogen and oxygen atoms in total. The number of likely N-dealkylation sites (tertiary alicyclic amines) is 1. The number of nitriles is 1. The molecule has 126 valence electrons. The van der Waals surface area contributed by atoms with E-state index in [1.807, 2.05) is 6.07 Å². The highest BCUT2D eigenvalue weighted by molar-refractivity contribution is 5.79. The predicted octanol–water partition coefficient (Wildman–Crippen LogP) is 2.43. The van der Waals surface area contributed by atoms with Gasteiger partial charge in [-0.3, -0.25) is 4.79 Å². The number of carbonyl (C=O) groups excluding carboxylic acids is 1. The zero-order valence-corrected chi connectivity index (χ0v) is 14.0. The maximum absolute atomic E-state index is 12.8. The van der Waals surface area contributed by atoms with Gasteiger partial charge in [0.2, 0.25) is 5.91 Å². The second kappa shape index (κ2) is 6.43. The van der Waals surface area contributed by atoms with Crippen LogP contribution in [-0.4, -0.2) is 42.0 Å². The van der Waals surface area contributed by atoms with Gasteiger partial charge in [-0.05, 0) is 49.7 Å². The Labute approximate surface area is 143 Å². The van der Waals surface area contributed by atoms with Crippen LogP contribution >= 0.6 is 0 Å².